The molecule has 0 aliphatic heterocycles. The van der Waals surface area contributed by atoms with E-state index in [0.29, 0.717) is 27.3 Å². The van der Waals surface area contributed by atoms with Crippen molar-refractivity contribution in [1.82, 2.24) is 15.1 Å². The second-order valence-electron chi connectivity index (χ2n) is 6.49. The van der Waals surface area contributed by atoms with Crippen LogP contribution < -0.4 is 5.32 Å². The molecule has 0 radical (unpaired) electrons. The number of rotatable bonds is 8. The molecule has 0 fully saturated rings. The number of amides is 2. The molecule has 0 saturated carbocycles. The van der Waals surface area contributed by atoms with E-state index in [1.54, 1.807) is 17.0 Å². The van der Waals surface area contributed by atoms with Crippen molar-refractivity contribution in [1.29, 1.82) is 0 Å². The quantitative estimate of drug-likeness (QED) is 0.486. The van der Waals surface area contributed by atoms with Gasteiger partial charge in [0.2, 0.25) is 11.0 Å². The van der Waals surface area contributed by atoms with Gasteiger partial charge in [-0.1, -0.05) is 71.8 Å². The summed E-state index contributed by atoms with van der Waals surface area (Å²) in [7, 11) is 0. The third-order valence-electron chi connectivity index (χ3n) is 4.24. The van der Waals surface area contributed by atoms with Gasteiger partial charge in [-0.05, 0) is 24.6 Å². The van der Waals surface area contributed by atoms with Gasteiger partial charge in [-0.25, -0.2) is 0 Å². The molecule has 0 bridgehead atoms. The van der Waals surface area contributed by atoms with Crippen LogP contribution in [-0.2, 0) is 4.79 Å². The van der Waals surface area contributed by atoms with Crippen LogP contribution in [0.1, 0.15) is 30.1 Å². The van der Waals surface area contributed by atoms with Crippen molar-refractivity contribution in [3.8, 4) is 10.6 Å². The van der Waals surface area contributed by atoms with Crippen LogP contribution in [0.15, 0.2) is 48.5 Å². The normalized spacial score (nSPS) is 10.6. The predicted octanol–water partition coefficient (Wildman–Crippen LogP) is 5.39. The summed E-state index contributed by atoms with van der Waals surface area (Å²) in [6.45, 7) is 2.75. The zero-order chi connectivity index (χ0) is 21.5. The van der Waals surface area contributed by atoms with Gasteiger partial charge in [0.05, 0.1) is 10.6 Å². The number of nitrogens with one attached hydrogen (secondary N) is 1. The molecule has 2 aromatic carbocycles. The number of carbonyl (C=O) groups is 2. The van der Waals surface area contributed by atoms with E-state index in [0.717, 1.165) is 17.0 Å². The summed E-state index contributed by atoms with van der Waals surface area (Å²) in [6.07, 6.45) is 0.895. The van der Waals surface area contributed by atoms with E-state index in [-0.39, 0.29) is 24.8 Å². The topological polar surface area (TPSA) is 75.2 Å². The van der Waals surface area contributed by atoms with Crippen molar-refractivity contribution in [2.75, 3.05) is 18.4 Å². The molecule has 1 N–H and O–H groups in total. The maximum atomic E-state index is 12.8. The molecule has 6 nitrogen and oxygen atoms in total. The van der Waals surface area contributed by atoms with Crippen molar-refractivity contribution >= 4 is 51.5 Å². The molecule has 0 aliphatic carbocycles. The van der Waals surface area contributed by atoms with Gasteiger partial charge in [-0.2, -0.15) is 0 Å². The molecule has 0 saturated heterocycles. The van der Waals surface area contributed by atoms with E-state index in [4.69, 9.17) is 23.2 Å². The van der Waals surface area contributed by atoms with Crippen molar-refractivity contribution in [2.45, 2.75) is 19.8 Å². The Hall–Kier alpha value is -2.48. The number of aromatic nitrogens is 2. The molecule has 0 aliphatic rings. The zero-order valence-electron chi connectivity index (χ0n) is 16.3. The van der Waals surface area contributed by atoms with Crippen molar-refractivity contribution in [3.63, 3.8) is 0 Å². The van der Waals surface area contributed by atoms with Gasteiger partial charge in [0, 0.05) is 30.1 Å². The molecular formula is C21H20Cl2N4O2S. The average Bonchev–Trinajstić information content (AvgIpc) is 3.19. The molecule has 156 valence electrons. The monoisotopic (exact) mass is 462 g/mol. The van der Waals surface area contributed by atoms with Crippen LogP contribution in [0.4, 0.5) is 5.13 Å². The molecule has 30 heavy (non-hydrogen) atoms. The number of benzene rings is 2. The van der Waals surface area contributed by atoms with Gasteiger partial charge in [0.15, 0.2) is 0 Å². The highest BCUT2D eigenvalue weighted by atomic mass is 35.5. The van der Waals surface area contributed by atoms with E-state index in [2.05, 4.69) is 15.5 Å². The Balaban J connectivity index is 1.60. The van der Waals surface area contributed by atoms with Gasteiger partial charge in [0.1, 0.15) is 5.01 Å². The maximum Gasteiger partial charge on any atom is 0.255 e. The summed E-state index contributed by atoms with van der Waals surface area (Å²) >= 11 is 13.4. The molecule has 1 heterocycles. The van der Waals surface area contributed by atoms with Crippen molar-refractivity contribution in [2.24, 2.45) is 0 Å². The Morgan fingerprint density at radius 1 is 1.07 bits per heavy atom. The molecule has 9 heteroatoms. The van der Waals surface area contributed by atoms with E-state index in [1.165, 1.54) is 17.4 Å². The fourth-order valence-corrected chi connectivity index (χ4v) is 4.06. The second-order valence-corrected chi connectivity index (χ2v) is 8.31. The van der Waals surface area contributed by atoms with Crippen LogP contribution in [0.2, 0.25) is 10.0 Å². The first kappa shape index (κ1) is 22.2. The first-order valence-electron chi connectivity index (χ1n) is 9.41. The molecule has 3 rings (SSSR count). The number of carbonyl (C=O) groups excluding carboxylic acids is 2. The first-order chi connectivity index (χ1) is 14.5. The van der Waals surface area contributed by atoms with Crippen LogP contribution in [-0.4, -0.2) is 40.0 Å². The number of hydrogen-bond acceptors (Lipinski definition) is 5. The van der Waals surface area contributed by atoms with Crippen LogP contribution >= 0.6 is 34.5 Å². The van der Waals surface area contributed by atoms with Gasteiger partial charge < -0.3 is 10.2 Å². The van der Waals surface area contributed by atoms with Gasteiger partial charge in [-0.3, -0.25) is 9.59 Å². The number of hydrogen-bond donors (Lipinski definition) is 1. The number of nitrogens with zero attached hydrogens (tertiary/aromatic N) is 3. The van der Waals surface area contributed by atoms with Crippen molar-refractivity contribution in [3.05, 3.63) is 64.1 Å². The first-order valence-corrected chi connectivity index (χ1v) is 11.0. The number of anilines is 1. The van der Waals surface area contributed by atoms with E-state index >= 15 is 0 Å². The lowest BCUT2D eigenvalue weighted by Crippen LogP contribution is -2.34. The molecule has 2 amide bonds. The highest BCUT2D eigenvalue weighted by Gasteiger charge is 2.19. The Morgan fingerprint density at radius 2 is 1.83 bits per heavy atom. The van der Waals surface area contributed by atoms with Crippen LogP contribution in [0, 0.1) is 0 Å². The minimum absolute atomic E-state index is 0.136. The molecule has 3 aromatic rings. The van der Waals surface area contributed by atoms with E-state index < -0.39 is 0 Å². The maximum absolute atomic E-state index is 12.8. The van der Waals surface area contributed by atoms with E-state index in [1.807, 2.05) is 37.3 Å². The van der Waals surface area contributed by atoms with Crippen LogP contribution in [0.3, 0.4) is 0 Å². The molecular weight excluding hydrogens is 443 g/mol. The lowest BCUT2D eigenvalue weighted by Gasteiger charge is -2.22. The standard InChI is InChI=1S/C21H20Cl2N4O2S/c1-2-11-27(20(29)16-9-8-15(22)13-17(16)23)12-10-18(28)24-21-26-25-19(30-21)14-6-4-3-5-7-14/h3-9,13H,2,10-12H2,1H3,(H,24,26,28). The fourth-order valence-electron chi connectivity index (χ4n) is 2.81. The van der Waals surface area contributed by atoms with Crippen molar-refractivity contribution < 1.29 is 9.59 Å². The summed E-state index contributed by atoms with van der Waals surface area (Å²) in [4.78, 5) is 26.8. The third kappa shape index (κ3) is 5.78. The summed E-state index contributed by atoms with van der Waals surface area (Å²) in [5, 5.41) is 12.8. The SMILES string of the molecule is CCCN(CCC(=O)Nc1nnc(-c2ccccc2)s1)C(=O)c1ccc(Cl)cc1Cl. The average molecular weight is 463 g/mol. The van der Waals surface area contributed by atoms with Gasteiger partial charge >= 0.3 is 0 Å². The largest absolute Gasteiger partial charge is 0.338 e. The molecule has 0 unspecified atom stereocenters. The minimum Gasteiger partial charge on any atom is -0.338 e. The Bertz CT molecular complexity index is 1030. The van der Waals surface area contributed by atoms with Crippen LogP contribution in [0.25, 0.3) is 10.6 Å². The minimum atomic E-state index is -0.234. The number of halogens is 2. The van der Waals surface area contributed by atoms with Crippen LogP contribution in [0.5, 0.6) is 0 Å². The Labute approximate surface area is 188 Å². The zero-order valence-corrected chi connectivity index (χ0v) is 18.6. The lowest BCUT2D eigenvalue weighted by molar-refractivity contribution is -0.116. The highest BCUT2D eigenvalue weighted by Crippen LogP contribution is 2.26. The smallest absolute Gasteiger partial charge is 0.255 e. The lowest BCUT2D eigenvalue weighted by atomic mass is 10.2. The highest BCUT2D eigenvalue weighted by molar-refractivity contribution is 7.18. The van der Waals surface area contributed by atoms with Gasteiger partial charge in [-0.15, -0.1) is 10.2 Å². The Morgan fingerprint density at radius 3 is 2.53 bits per heavy atom. The predicted molar refractivity (Wildman–Crippen MR) is 121 cm³/mol. The van der Waals surface area contributed by atoms with E-state index in [9.17, 15) is 9.59 Å². The second kappa shape index (κ2) is 10.5. The summed E-state index contributed by atoms with van der Waals surface area (Å²) in [5.74, 6) is -0.463. The summed E-state index contributed by atoms with van der Waals surface area (Å²) in [5.41, 5.74) is 1.31. The summed E-state index contributed by atoms with van der Waals surface area (Å²) in [6, 6.07) is 14.4. The summed E-state index contributed by atoms with van der Waals surface area (Å²) < 4.78 is 0. The Kier molecular flexibility index (Phi) is 7.79. The third-order valence-corrected chi connectivity index (χ3v) is 5.68. The fraction of sp³-hybridized carbons (Fsp3) is 0.238. The van der Waals surface area contributed by atoms with Gasteiger partial charge in [0.25, 0.3) is 5.91 Å². The molecule has 0 spiro atoms. The molecule has 0 atom stereocenters. The molecule has 1 aromatic heterocycles.